The van der Waals surface area contributed by atoms with E-state index < -0.39 is 24.2 Å². The van der Waals surface area contributed by atoms with Crippen LogP contribution in [0.3, 0.4) is 0 Å². The monoisotopic (exact) mass is 224 g/mol. The van der Waals surface area contributed by atoms with E-state index in [2.05, 4.69) is 0 Å². The van der Waals surface area contributed by atoms with E-state index in [1.165, 1.54) is 6.92 Å². The molecule has 1 fully saturated rings. The summed E-state index contributed by atoms with van der Waals surface area (Å²) in [5, 5.41) is 0. The fourth-order valence-electron chi connectivity index (χ4n) is 1.93. The SMILES string of the molecule is CC1(C(N)=O)CCCCN1CC(F)(F)F. The molecule has 1 aliphatic rings. The van der Waals surface area contributed by atoms with Gasteiger partial charge in [0.1, 0.15) is 0 Å². The van der Waals surface area contributed by atoms with Crippen LogP contribution in [0.1, 0.15) is 26.2 Å². The highest BCUT2D eigenvalue weighted by Crippen LogP contribution is 2.30. The first-order valence-electron chi connectivity index (χ1n) is 4.87. The maximum absolute atomic E-state index is 12.3. The van der Waals surface area contributed by atoms with Crippen LogP contribution >= 0.6 is 0 Å². The van der Waals surface area contributed by atoms with Crippen molar-refractivity contribution in [2.24, 2.45) is 5.73 Å². The zero-order valence-electron chi connectivity index (χ0n) is 8.60. The fraction of sp³-hybridized carbons (Fsp3) is 0.889. The molecule has 88 valence electrons. The van der Waals surface area contributed by atoms with Gasteiger partial charge in [0.05, 0.1) is 12.1 Å². The van der Waals surface area contributed by atoms with E-state index in [0.717, 1.165) is 11.3 Å². The average Bonchev–Trinajstić information content (AvgIpc) is 2.06. The van der Waals surface area contributed by atoms with Crippen LogP contribution < -0.4 is 5.73 Å². The molecule has 0 saturated carbocycles. The summed E-state index contributed by atoms with van der Waals surface area (Å²) in [7, 11) is 0. The predicted molar refractivity (Wildman–Crippen MR) is 49.1 cm³/mol. The van der Waals surface area contributed by atoms with Crippen molar-refractivity contribution in [2.45, 2.75) is 37.9 Å². The minimum atomic E-state index is -4.28. The first-order valence-corrected chi connectivity index (χ1v) is 4.87. The molecule has 1 saturated heterocycles. The van der Waals surface area contributed by atoms with Gasteiger partial charge in [0.2, 0.25) is 5.91 Å². The maximum Gasteiger partial charge on any atom is 0.401 e. The molecule has 1 atom stereocenters. The molecular weight excluding hydrogens is 209 g/mol. The van der Waals surface area contributed by atoms with E-state index in [-0.39, 0.29) is 6.54 Å². The Morgan fingerprint density at radius 1 is 1.47 bits per heavy atom. The summed E-state index contributed by atoms with van der Waals surface area (Å²) in [5.41, 5.74) is 4.02. The highest BCUT2D eigenvalue weighted by atomic mass is 19.4. The molecule has 15 heavy (non-hydrogen) atoms. The van der Waals surface area contributed by atoms with Crippen LogP contribution in [0.15, 0.2) is 0 Å². The second-order valence-corrected chi connectivity index (χ2v) is 4.13. The Kier molecular flexibility index (Phi) is 3.28. The van der Waals surface area contributed by atoms with Crippen LogP contribution in [-0.4, -0.2) is 35.6 Å². The molecule has 3 nitrogen and oxygen atoms in total. The first-order chi connectivity index (χ1) is 6.76. The molecule has 6 heteroatoms. The van der Waals surface area contributed by atoms with Gasteiger partial charge in [-0.2, -0.15) is 13.2 Å². The van der Waals surface area contributed by atoms with Crippen molar-refractivity contribution >= 4 is 5.91 Å². The Hall–Kier alpha value is -0.780. The number of piperidine rings is 1. The van der Waals surface area contributed by atoms with Crippen molar-refractivity contribution in [2.75, 3.05) is 13.1 Å². The lowest BCUT2D eigenvalue weighted by Crippen LogP contribution is -2.59. The summed E-state index contributed by atoms with van der Waals surface area (Å²) in [6, 6.07) is 0. The number of carbonyl (C=O) groups is 1. The van der Waals surface area contributed by atoms with Crippen molar-refractivity contribution in [3.05, 3.63) is 0 Å². The molecule has 2 N–H and O–H groups in total. The van der Waals surface area contributed by atoms with Gasteiger partial charge in [-0.1, -0.05) is 0 Å². The van der Waals surface area contributed by atoms with Gasteiger partial charge in [0, 0.05) is 0 Å². The Morgan fingerprint density at radius 3 is 2.53 bits per heavy atom. The topological polar surface area (TPSA) is 46.3 Å². The third kappa shape index (κ3) is 2.84. The molecule has 0 radical (unpaired) electrons. The molecule has 0 aromatic carbocycles. The zero-order valence-corrected chi connectivity index (χ0v) is 8.60. The second-order valence-electron chi connectivity index (χ2n) is 4.13. The van der Waals surface area contributed by atoms with Gasteiger partial charge in [-0.15, -0.1) is 0 Å². The van der Waals surface area contributed by atoms with E-state index in [1.807, 2.05) is 0 Å². The number of nitrogens with two attached hydrogens (primary N) is 1. The first kappa shape index (κ1) is 12.3. The number of hydrogen-bond donors (Lipinski definition) is 1. The lowest BCUT2D eigenvalue weighted by atomic mass is 9.88. The maximum atomic E-state index is 12.3. The molecule has 0 aromatic rings. The van der Waals surface area contributed by atoms with Crippen LogP contribution in [0, 0.1) is 0 Å². The molecule has 1 heterocycles. The van der Waals surface area contributed by atoms with Gasteiger partial charge in [0.15, 0.2) is 0 Å². The predicted octanol–water partition coefficient (Wildman–Crippen LogP) is 1.28. The summed E-state index contributed by atoms with van der Waals surface area (Å²) in [5.74, 6) is -0.675. The van der Waals surface area contributed by atoms with Crippen LogP contribution in [0.4, 0.5) is 13.2 Å². The number of carbonyl (C=O) groups excluding carboxylic acids is 1. The molecule has 1 rings (SSSR count). The summed E-state index contributed by atoms with van der Waals surface area (Å²) in [6.07, 6.45) is -2.46. The van der Waals surface area contributed by atoms with Crippen LogP contribution in [0.5, 0.6) is 0 Å². The van der Waals surface area contributed by atoms with E-state index >= 15 is 0 Å². The number of halogens is 3. The quantitative estimate of drug-likeness (QED) is 0.768. The Balaban J connectivity index is 2.79. The normalized spacial score (nSPS) is 29.1. The average molecular weight is 224 g/mol. The summed E-state index contributed by atoms with van der Waals surface area (Å²) in [4.78, 5) is 12.3. The third-order valence-electron chi connectivity index (χ3n) is 2.94. The summed E-state index contributed by atoms with van der Waals surface area (Å²) >= 11 is 0. The molecular formula is C9H15F3N2O. The largest absolute Gasteiger partial charge is 0.401 e. The van der Waals surface area contributed by atoms with Gasteiger partial charge >= 0.3 is 6.18 Å². The Morgan fingerprint density at radius 2 is 2.07 bits per heavy atom. The minimum Gasteiger partial charge on any atom is -0.368 e. The number of nitrogens with zero attached hydrogens (tertiary/aromatic N) is 1. The minimum absolute atomic E-state index is 0.277. The number of hydrogen-bond acceptors (Lipinski definition) is 2. The zero-order chi connectivity index (χ0) is 11.7. The highest BCUT2D eigenvalue weighted by Gasteiger charge is 2.44. The lowest BCUT2D eigenvalue weighted by molar-refractivity contribution is -0.167. The lowest BCUT2D eigenvalue weighted by Gasteiger charge is -2.42. The Labute approximate surface area is 86.4 Å². The smallest absolute Gasteiger partial charge is 0.368 e. The van der Waals surface area contributed by atoms with E-state index in [4.69, 9.17) is 5.73 Å². The highest BCUT2D eigenvalue weighted by molar-refractivity contribution is 5.84. The van der Waals surface area contributed by atoms with Gasteiger partial charge in [-0.25, -0.2) is 0 Å². The fourth-order valence-corrected chi connectivity index (χ4v) is 1.93. The van der Waals surface area contributed by atoms with Gasteiger partial charge < -0.3 is 5.73 Å². The molecule has 0 aliphatic carbocycles. The standard InChI is InChI=1S/C9H15F3N2O/c1-8(7(13)15)4-2-3-5-14(8)6-9(10,11)12/h2-6H2,1H3,(H2,13,15). The number of rotatable bonds is 2. The van der Waals surface area contributed by atoms with E-state index in [9.17, 15) is 18.0 Å². The molecule has 1 amide bonds. The van der Waals surface area contributed by atoms with Crippen molar-refractivity contribution in [3.8, 4) is 0 Å². The molecule has 0 bridgehead atoms. The second kappa shape index (κ2) is 4.00. The van der Waals surface area contributed by atoms with Gasteiger partial charge in [-0.05, 0) is 32.7 Å². The van der Waals surface area contributed by atoms with Crippen molar-refractivity contribution in [3.63, 3.8) is 0 Å². The van der Waals surface area contributed by atoms with Crippen LogP contribution in [0.25, 0.3) is 0 Å². The third-order valence-corrected chi connectivity index (χ3v) is 2.94. The van der Waals surface area contributed by atoms with Crippen LogP contribution in [-0.2, 0) is 4.79 Å². The number of amides is 1. The van der Waals surface area contributed by atoms with Crippen molar-refractivity contribution in [1.29, 1.82) is 0 Å². The number of primary amides is 1. The van der Waals surface area contributed by atoms with E-state index in [0.29, 0.717) is 12.8 Å². The van der Waals surface area contributed by atoms with Crippen molar-refractivity contribution < 1.29 is 18.0 Å². The molecule has 1 aliphatic heterocycles. The van der Waals surface area contributed by atoms with Crippen LogP contribution in [0.2, 0.25) is 0 Å². The Bertz CT molecular complexity index is 254. The van der Waals surface area contributed by atoms with Gasteiger partial charge in [-0.3, -0.25) is 9.69 Å². The number of alkyl halides is 3. The summed E-state index contributed by atoms with van der Waals surface area (Å²) in [6.45, 7) is 0.700. The van der Waals surface area contributed by atoms with Gasteiger partial charge in [0.25, 0.3) is 0 Å². The summed E-state index contributed by atoms with van der Waals surface area (Å²) < 4.78 is 36.8. The number of likely N-dealkylation sites (tertiary alicyclic amines) is 1. The van der Waals surface area contributed by atoms with Crippen molar-refractivity contribution in [1.82, 2.24) is 4.90 Å². The molecule has 0 aromatic heterocycles. The molecule has 0 spiro atoms. The molecule has 1 unspecified atom stereocenters. The van der Waals surface area contributed by atoms with E-state index in [1.54, 1.807) is 0 Å².